The van der Waals surface area contributed by atoms with Gasteiger partial charge in [0.15, 0.2) is 0 Å². The third kappa shape index (κ3) is 2.20. The fourth-order valence-corrected chi connectivity index (χ4v) is 2.44. The van der Waals surface area contributed by atoms with E-state index in [1.807, 2.05) is 19.1 Å². The average Bonchev–Trinajstić information content (AvgIpc) is 2.82. The Morgan fingerprint density at radius 3 is 2.67 bits per heavy atom. The molecule has 1 unspecified atom stereocenters. The summed E-state index contributed by atoms with van der Waals surface area (Å²) in [5.74, 6) is -1.02. The van der Waals surface area contributed by atoms with Crippen molar-refractivity contribution in [1.29, 1.82) is 0 Å². The standard InChI is InChI=1S/C15H13N3O3/c1-9(10-4-6-16-7-5-10)18-13-3-2-11(14(19)20)8-12(13)17-15(18)21/h2-9H,1H3,(H,17,21)(H,19,20). The Bertz CT molecular complexity index is 865. The average molecular weight is 283 g/mol. The molecule has 6 nitrogen and oxygen atoms in total. The number of fused-ring (bicyclic) bond motifs is 1. The molecule has 0 saturated carbocycles. The largest absolute Gasteiger partial charge is 0.478 e. The molecule has 1 atom stereocenters. The van der Waals surface area contributed by atoms with Crippen LogP contribution in [0.25, 0.3) is 11.0 Å². The van der Waals surface area contributed by atoms with Crippen molar-refractivity contribution in [3.63, 3.8) is 0 Å². The summed E-state index contributed by atoms with van der Waals surface area (Å²) >= 11 is 0. The molecule has 2 N–H and O–H groups in total. The minimum atomic E-state index is -1.02. The van der Waals surface area contributed by atoms with E-state index >= 15 is 0 Å². The first kappa shape index (κ1) is 13.1. The van der Waals surface area contributed by atoms with E-state index in [-0.39, 0.29) is 17.3 Å². The fourth-order valence-electron chi connectivity index (χ4n) is 2.44. The van der Waals surface area contributed by atoms with Crippen LogP contribution in [0.15, 0.2) is 47.5 Å². The second-order valence-electron chi connectivity index (χ2n) is 4.79. The van der Waals surface area contributed by atoms with Crippen LogP contribution in [0.2, 0.25) is 0 Å². The van der Waals surface area contributed by atoms with Crippen molar-refractivity contribution in [2.24, 2.45) is 0 Å². The van der Waals surface area contributed by atoms with Gasteiger partial charge in [-0.3, -0.25) is 9.55 Å². The summed E-state index contributed by atoms with van der Waals surface area (Å²) in [6.45, 7) is 1.91. The molecule has 0 radical (unpaired) electrons. The summed E-state index contributed by atoms with van der Waals surface area (Å²) in [5.41, 5.74) is 2.02. The molecule has 6 heteroatoms. The second-order valence-corrected chi connectivity index (χ2v) is 4.79. The highest BCUT2D eigenvalue weighted by atomic mass is 16.4. The minimum absolute atomic E-state index is 0.146. The summed E-state index contributed by atoms with van der Waals surface area (Å²) in [6, 6.07) is 8.13. The summed E-state index contributed by atoms with van der Waals surface area (Å²) in [7, 11) is 0. The van der Waals surface area contributed by atoms with E-state index in [0.29, 0.717) is 11.0 Å². The molecule has 0 saturated heterocycles. The van der Waals surface area contributed by atoms with E-state index in [4.69, 9.17) is 5.11 Å². The normalized spacial score (nSPS) is 12.4. The molecular weight excluding hydrogens is 270 g/mol. The number of carboxylic acids is 1. The zero-order valence-corrected chi connectivity index (χ0v) is 11.3. The zero-order chi connectivity index (χ0) is 15.0. The number of carbonyl (C=O) groups is 1. The lowest BCUT2D eigenvalue weighted by Gasteiger charge is -2.13. The minimum Gasteiger partial charge on any atom is -0.478 e. The number of aromatic nitrogens is 3. The number of benzene rings is 1. The lowest BCUT2D eigenvalue weighted by Crippen LogP contribution is -2.21. The summed E-state index contributed by atoms with van der Waals surface area (Å²) in [4.78, 5) is 29.8. The molecule has 106 valence electrons. The Morgan fingerprint density at radius 1 is 1.29 bits per heavy atom. The molecule has 0 aliphatic rings. The van der Waals surface area contributed by atoms with Crippen LogP contribution in [0.1, 0.15) is 28.9 Å². The van der Waals surface area contributed by atoms with Gasteiger partial charge in [0.05, 0.1) is 22.6 Å². The van der Waals surface area contributed by atoms with E-state index in [1.54, 1.807) is 23.0 Å². The highest BCUT2D eigenvalue weighted by molar-refractivity contribution is 5.92. The van der Waals surface area contributed by atoms with E-state index in [9.17, 15) is 9.59 Å². The summed E-state index contributed by atoms with van der Waals surface area (Å²) in [5, 5.41) is 9.00. The van der Waals surface area contributed by atoms with Crippen LogP contribution in [0.5, 0.6) is 0 Å². The molecule has 2 aromatic heterocycles. The topological polar surface area (TPSA) is 88.0 Å². The number of aromatic amines is 1. The lowest BCUT2D eigenvalue weighted by atomic mass is 10.1. The molecule has 0 aliphatic heterocycles. The highest BCUT2D eigenvalue weighted by Gasteiger charge is 2.15. The number of pyridine rings is 1. The van der Waals surface area contributed by atoms with Crippen molar-refractivity contribution in [3.05, 3.63) is 64.3 Å². The third-order valence-corrected chi connectivity index (χ3v) is 3.54. The van der Waals surface area contributed by atoms with Gasteiger partial charge in [0.25, 0.3) is 0 Å². The first-order valence-corrected chi connectivity index (χ1v) is 6.45. The molecule has 1 aromatic carbocycles. The maximum absolute atomic E-state index is 12.2. The lowest BCUT2D eigenvalue weighted by molar-refractivity contribution is 0.0697. The van der Waals surface area contributed by atoms with Crippen molar-refractivity contribution < 1.29 is 9.90 Å². The first-order chi connectivity index (χ1) is 10.1. The van der Waals surface area contributed by atoms with Crippen LogP contribution in [0.3, 0.4) is 0 Å². The maximum atomic E-state index is 12.2. The first-order valence-electron chi connectivity index (χ1n) is 6.45. The number of nitrogens with one attached hydrogen (secondary N) is 1. The van der Waals surface area contributed by atoms with Crippen LogP contribution in [0.4, 0.5) is 0 Å². The molecule has 3 rings (SSSR count). The Hall–Kier alpha value is -2.89. The van der Waals surface area contributed by atoms with Crippen molar-refractivity contribution >= 4 is 17.0 Å². The summed E-state index contributed by atoms with van der Waals surface area (Å²) in [6.07, 6.45) is 3.35. The predicted octanol–water partition coefficient (Wildman–Crippen LogP) is 2.03. The van der Waals surface area contributed by atoms with E-state index < -0.39 is 5.97 Å². The summed E-state index contributed by atoms with van der Waals surface area (Å²) < 4.78 is 1.61. The molecule has 3 aromatic rings. The molecular formula is C15H13N3O3. The fraction of sp³-hybridized carbons (Fsp3) is 0.133. The van der Waals surface area contributed by atoms with Crippen LogP contribution in [0, 0.1) is 0 Å². The van der Waals surface area contributed by atoms with Gasteiger partial charge >= 0.3 is 11.7 Å². The predicted molar refractivity (Wildman–Crippen MR) is 77.6 cm³/mol. The Labute approximate surface area is 119 Å². The number of H-pyrrole nitrogens is 1. The van der Waals surface area contributed by atoms with E-state index in [2.05, 4.69) is 9.97 Å². The van der Waals surface area contributed by atoms with Crippen molar-refractivity contribution in [1.82, 2.24) is 14.5 Å². The highest BCUT2D eigenvalue weighted by Crippen LogP contribution is 2.21. The van der Waals surface area contributed by atoms with Gasteiger partial charge in [0.2, 0.25) is 0 Å². The number of hydrogen-bond acceptors (Lipinski definition) is 3. The third-order valence-electron chi connectivity index (χ3n) is 3.54. The molecule has 21 heavy (non-hydrogen) atoms. The monoisotopic (exact) mass is 283 g/mol. The zero-order valence-electron chi connectivity index (χ0n) is 11.3. The number of carboxylic acid groups (broad SMARTS) is 1. The van der Waals surface area contributed by atoms with Gasteiger partial charge in [-0.25, -0.2) is 9.59 Å². The number of aromatic carboxylic acids is 1. The van der Waals surface area contributed by atoms with Crippen LogP contribution in [-0.4, -0.2) is 25.6 Å². The van der Waals surface area contributed by atoms with Crippen molar-refractivity contribution in [2.45, 2.75) is 13.0 Å². The molecule has 0 amide bonds. The molecule has 0 fully saturated rings. The van der Waals surface area contributed by atoms with Gasteiger partial charge in [-0.1, -0.05) is 0 Å². The Kier molecular flexibility index (Phi) is 3.06. The SMILES string of the molecule is CC(c1ccncc1)n1c(=O)[nH]c2cc(C(=O)O)ccc21. The van der Waals surface area contributed by atoms with Crippen LogP contribution in [-0.2, 0) is 0 Å². The van der Waals surface area contributed by atoms with Gasteiger partial charge in [0.1, 0.15) is 0 Å². The number of hydrogen-bond donors (Lipinski definition) is 2. The number of imidazole rings is 1. The van der Waals surface area contributed by atoms with Crippen molar-refractivity contribution in [2.75, 3.05) is 0 Å². The van der Waals surface area contributed by atoms with Gasteiger partial charge in [0, 0.05) is 12.4 Å². The van der Waals surface area contributed by atoms with Crippen LogP contribution >= 0.6 is 0 Å². The van der Waals surface area contributed by atoms with Gasteiger partial charge < -0.3 is 10.1 Å². The maximum Gasteiger partial charge on any atom is 0.335 e. The number of nitrogens with zero attached hydrogens (tertiary/aromatic N) is 2. The van der Waals surface area contributed by atoms with E-state index in [0.717, 1.165) is 5.56 Å². The van der Waals surface area contributed by atoms with Gasteiger partial charge in [-0.05, 0) is 42.8 Å². The van der Waals surface area contributed by atoms with Gasteiger partial charge in [-0.15, -0.1) is 0 Å². The second kappa shape index (κ2) is 4.90. The number of rotatable bonds is 3. The van der Waals surface area contributed by atoms with Crippen LogP contribution < -0.4 is 5.69 Å². The molecule has 2 heterocycles. The van der Waals surface area contributed by atoms with E-state index in [1.165, 1.54) is 12.1 Å². The molecule has 0 spiro atoms. The Balaban J connectivity index is 2.17. The van der Waals surface area contributed by atoms with Crippen molar-refractivity contribution in [3.8, 4) is 0 Å². The smallest absolute Gasteiger partial charge is 0.335 e. The molecule has 0 bridgehead atoms. The quantitative estimate of drug-likeness (QED) is 0.769. The molecule has 0 aliphatic carbocycles. The van der Waals surface area contributed by atoms with Gasteiger partial charge in [-0.2, -0.15) is 0 Å². The Morgan fingerprint density at radius 2 is 2.00 bits per heavy atom.